The van der Waals surface area contributed by atoms with Crippen LogP contribution >= 0.6 is 0 Å². The first kappa shape index (κ1) is 32.3. The van der Waals surface area contributed by atoms with Crippen LogP contribution in [0.1, 0.15) is 112 Å². The molecule has 0 radical (unpaired) electrons. The molecule has 0 fully saturated rings. The highest BCUT2D eigenvalue weighted by Gasteiger charge is 2.29. The monoisotopic (exact) mass is 514 g/mol. The number of carbonyl (C=O) groups is 1. The number of benzene rings is 2. The molecule has 0 saturated carbocycles. The van der Waals surface area contributed by atoms with Crippen LogP contribution in [0.25, 0.3) is 0 Å². The van der Waals surface area contributed by atoms with Gasteiger partial charge in [0.2, 0.25) is 0 Å². The summed E-state index contributed by atoms with van der Waals surface area (Å²) in [5, 5.41) is 10.4. The fraction of sp³-hybridized carbons (Fsp3) is 0.594. The highest BCUT2D eigenvalue weighted by Crippen LogP contribution is 2.43. The second-order valence-electron chi connectivity index (χ2n) is 13.7. The molecule has 5 nitrogen and oxygen atoms in total. The quantitative estimate of drug-likeness (QED) is 0.330. The summed E-state index contributed by atoms with van der Waals surface area (Å²) in [4.78, 5) is 11.5. The number of methoxy groups -OCH3 is 2. The van der Waals surface area contributed by atoms with Crippen LogP contribution in [0.15, 0.2) is 24.3 Å². The van der Waals surface area contributed by atoms with Gasteiger partial charge in [0.05, 0.1) is 14.2 Å². The average Bonchev–Trinajstić information content (AvgIpc) is 2.70. The third kappa shape index (κ3) is 8.69. The third-order valence-electron chi connectivity index (χ3n) is 6.10. The number of rotatable bonds is 3. The second-order valence-corrected chi connectivity index (χ2v) is 13.7. The minimum Gasteiger partial charge on any atom is -0.507 e. The van der Waals surface area contributed by atoms with Crippen molar-refractivity contribution in [1.29, 1.82) is 0 Å². The van der Waals surface area contributed by atoms with Crippen molar-refractivity contribution in [2.24, 2.45) is 0 Å². The van der Waals surface area contributed by atoms with E-state index in [4.69, 9.17) is 14.2 Å². The lowest BCUT2D eigenvalue weighted by Crippen LogP contribution is -2.21. The van der Waals surface area contributed by atoms with Crippen LogP contribution in [0.4, 0.5) is 0 Å². The Hall–Kier alpha value is -2.69. The van der Waals surface area contributed by atoms with Crippen molar-refractivity contribution in [1.82, 2.24) is 0 Å². The minimum atomic E-state index is -0.300. The molecule has 2 aromatic rings. The molecule has 0 bridgehead atoms. The Morgan fingerprint density at radius 3 is 1.08 bits per heavy atom. The zero-order valence-electron chi connectivity index (χ0n) is 25.9. The van der Waals surface area contributed by atoms with Gasteiger partial charge in [-0.15, -0.1) is 0 Å². The average molecular weight is 515 g/mol. The minimum absolute atomic E-state index is 0.0986. The van der Waals surface area contributed by atoms with Gasteiger partial charge in [-0.05, 0) is 45.9 Å². The van der Waals surface area contributed by atoms with Gasteiger partial charge in [0.25, 0.3) is 0 Å². The molecule has 0 atom stereocenters. The Morgan fingerprint density at radius 2 is 0.865 bits per heavy atom. The number of esters is 1. The molecule has 0 saturated heterocycles. The summed E-state index contributed by atoms with van der Waals surface area (Å²) >= 11 is 0. The summed E-state index contributed by atoms with van der Waals surface area (Å²) < 4.78 is 16.3. The van der Waals surface area contributed by atoms with Gasteiger partial charge < -0.3 is 19.3 Å². The Kier molecular flexibility index (Phi) is 9.94. The van der Waals surface area contributed by atoms with Crippen LogP contribution in [-0.2, 0) is 26.5 Å². The number of hydrogen-bond acceptors (Lipinski definition) is 5. The molecule has 0 aliphatic heterocycles. The van der Waals surface area contributed by atoms with Crippen LogP contribution in [0, 0.1) is 0 Å². The normalized spacial score (nSPS) is 12.4. The first-order chi connectivity index (χ1) is 16.5. The summed E-state index contributed by atoms with van der Waals surface area (Å²) in [6.07, 6.45) is 0. The van der Waals surface area contributed by atoms with E-state index < -0.39 is 0 Å². The van der Waals surface area contributed by atoms with E-state index in [-0.39, 0.29) is 27.6 Å². The van der Waals surface area contributed by atoms with Gasteiger partial charge >= 0.3 is 5.97 Å². The zero-order valence-corrected chi connectivity index (χ0v) is 25.9. The van der Waals surface area contributed by atoms with Crippen LogP contribution in [0.3, 0.4) is 0 Å². The van der Waals surface area contributed by atoms with E-state index in [0.29, 0.717) is 11.5 Å². The molecule has 2 aromatic carbocycles. The lowest BCUT2D eigenvalue weighted by Gasteiger charge is -2.29. The van der Waals surface area contributed by atoms with E-state index in [1.165, 1.54) is 6.92 Å². The van der Waals surface area contributed by atoms with Crippen LogP contribution < -0.4 is 14.2 Å². The van der Waals surface area contributed by atoms with E-state index >= 15 is 0 Å². The number of phenols is 1. The molecule has 0 aromatic heterocycles. The van der Waals surface area contributed by atoms with Crippen LogP contribution in [-0.4, -0.2) is 25.3 Å². The summed E-state index contributed by atoms with van der Waals surface area (Å²) in [6, 6.07) is 7.75. The third-order valence-corrected chi connectivity index (χ3v) is 6.10. The Balaban J connectivity index is 0.000000375. The molecule has 5 heteroatoms. The number of ether oxygens (including phenoxy) is 3. The molecular weight excluding hydrogens is 464 g/mol. The number of phenolic OH excluding ortho intramolecular Hbond substituents is 1. The van der Waals surface area contributed by atoms with E-state index in [2.05, 4.69) is 83.1 Å². The Bertz CT molecular complexity index is 1010. The fourth-order valence-electron chi connectivity index (χ4n) is 3.96. The van der Waals surface area contributed by atoms with Crippen LogP contribution in [0.2, 0.25) is 0 Å². The summed E-state index contributed by atoms with van der Waals surface area (Å²) in [5.74, 6) is 2.35. The Labute approximate surface area is 225 Å². The lowest BCUT2D eigenvalue weighted by molar-refractivity contribution is -0.132. The molecule has 2 rings (SSSR count). The molecule has 0 heterocycles. The standard InChI is InChI=1S/C17H26O3.C15H24O2/c1-11(18)20-15-13(16(2,3)4)9-12(19-8)10-14(15)17(5,6)7;1-14(2,3)11-8-10(17-7)9-12(13(11)16)15(4,5)6/h9-10H,1-8H3;8-9,16H,1-7H3. The van der Waals surface area contributed by atoms with Crippen LogP contribution in [0.5, 0.6) is 23.0 Å². The first-order valence-corrected chi connectivity index (χ1v) is 12.9. The maximum absolute atomic E-state index is 11.5. The topological polar surface area (TPSA) is 65.0 Å². The van der Waals surface area contributed by atoms with Crippen molar-refractivity contribution in [3.8, 4) is 23.0 Å². The van der Waals surface area contributed by atoms with Crippen molar-refractivity contribution in [2.75, 3.05) is 14.2 Å². The molecular formula is C32H50O5. The van der Waals surface area contributed by atoms with Gasteiger partial charge in [0, 0.05) is 29.2 Å². The molecule has 0 unspecified atom stereocenters. The number of aromatic hydroxyl groups is 1. The zero-order chi connectivity index (χ0) is 29.1. The number of hydrogen-bond donors (Lipinski definition) is 1. The van der Waals surface area contributed by atoms with Crippen molar-refractivity contribution in [2.45, 2.75) is 112 Å². The lowest BCUT2D eigenvalue weighted by atomic mass is 9.79. The van der Waals surface area contributed by atoms with Crippen molar-refractivity contribution >= 4 is 5.97 Å². The van der Waals surface area contributed by atoms with Crippen molar-refractivity contribution < 1.29 is 24.1 Å². The largest absolute Gasteiger partial charge is 0.507 e. The molecule has 0 spiro atoms. The van der Waals surface area contributed by atoms with E-state index in [1.807, 2.05) is 24.3 Å². The predicted molar refractivity (Wildman–Crippen MR) is 154 cm³/mol. The maximum Gasteiger partial charge on any atom is 0.308 e. The molecule has 0 aliphatic rings. The van der Waals surface area contributed by atoms with E-state index in [9.17, 15) is 9.90 Å². The summed E-state index contributed by atoms with van der Waals surface area (Å²) in [7, 11) is 3.31. The number of carbonyl (C=O) groups excluding carboxylic acids is 1. The molecule has 1 N–H and O–H groups in total. The van der Waals surface area contributed by atoms with Gasteiger partial charge in [-0.2, -0.15) is 0 Å². The van der Waals surface area contributed by atoms with Gasteiger partial charge in [-0.25, -0.2) is 0 Å². The highest BCUT2D eigenvalue weighted by atomic mass is 16.5. The van der Waals surface area contributed by atoms with Crippen molar-refractivity contribution in [3.63, 3.8) is 0 Å². The first-order valence-electron chi connectivity index (χ1n) is 12.9. The smallest absolute Gasteiger partial charge is 0.308 e. The molecule has 37 heavy (non-hydrogen) atoms. The van der Waals surface area contributed by atoms with E-state index in [1.54, 1.807) is 14.2 Å². The molecule has 0 aliphatic carbocycles. The second kappa shape index (κ2) is 11.4. The molecule has 0 amide bonds. The van der Waals surface area contributed by atoms with Gasteiger partial charge in [0.15, 0.2) is 0 Å². The highest BCUT2D eigenvalue weighted by molar-refractivity contribution is 5.71. The van der Waals surface area contributed by atoms with E-state index in [0.717, 1.165) is 33.8 Å². The predicted octanol–water partition coefficient (Wildman–Crippen LogP) is 8.21. The van der Waals surface area contributed by atoms with Gasteiger partial charge in [0.1, 0.15) is 23.0 Å². The summed E-state index contributed by atoms with van der Waals surface area (Å²) in [5.41, 5.74) is 3.35. The van der Waals surface area contributed by atoms with Crippen molar-refractivity contribution in [3.05, 3.63) is 46.5 Å². The van der Waals surface area contributed by atoms with Gasteiger partial charge in [-0.1, -0.05) is 83.1 Å². The van der Waals surface area contributed by atoms with Gasteiger partial charge in [-0.3, -0.25) is 4.79 Å². The Morgan fingerprint density at radius 1 is 0.595 bits per heavy atom. The summed E-state index contributed by atoms with van der Waals surface area (Å²) in [6.45, 7) is 26.6. The maximum atomic E-state index is 11.5. The SMILES string of the molecule is COc1cc(C(C)(C)C)c(O)c(C(C)(C)C)c1.COc1cc(C(C)(C)C)c(OC(C)=O)c(C(C)(C)C)c1. The molecule has 208 valence electrons. The fourth-order valence-corrected chi connectivity index (χ4v) is 3.96.